The summed E-state index contributed by atoms with van der Waals surface area (Å²) in [6.45, 7) is 0. The molecule has 0 amide bonds. The van der Waals surface area contributed by atoms with Crippen molar-refractivity contribution in [3.63, 3.8) is 0 Å². The van der Waals surface area contributed by atoms with E-state index in [1.54, 1.807) is 0 Å². The second-order valence-corrected chi connectivity index (χ2v) is 5.68. The van der Waals surface area contributed by atoms with Crippen molar-refractivity contribution < 1.29 is 27.4 Å². The Morgan fingerprint density at radius 2 is 1.55 bits per heavy atom. The van der Waals surface area contributed by atoms with Crippen LogP contribution >= 0.6 is 0 Å². The molecule has 0 aromatic rings. The highest BCUT2D eigenvalue weighted by Gasteiger charge is 2.47. The van der Waals surface area contributed by atoms with E-state index in [0.29, 0.717) is 0 Å². The molecule has 1 unspecified atom stereocenters. The molecule has 7 nitrogen and oxygen atoms in total. The molecule has 0 spiro atoms. The molecule has 9 heteroatoms. The van der Waals surface area contributed by atoms with Crippen LogP contribution in [0.5, 0.6) is 0 Å². The first-order valence-electron chi connectivity index (χ1n) is 2.59. The highest BCUT2D eigenvalue weighted by molar-refractivity contribution is 6.67. The van der Waals surface area contributed by atoms with Gasteiger partial charge in [0.15, 0.2) is 0 Å². The molecule has 1 atom stereocenters. The molecule has 0 radical (unpaired) electrons. The van der Waals surface area contributed by atoms with Gasteiger partial charge in [-0.05, 0) is 0 Å². The zero-order valence-electron chi connectivity index (χ0n) is 6.14. The van der Waals surface area contributed by atoms with Gasteiger partial charge in [0, 0.05) is 14.2 Å². The highest BCUT2D eigenvalue weighted by Crippen LogP contribution is 2.02. The third-order valence-electron chi connectivity index (χ3n) is 0.838. The average molecular weight is 201 g/mol. The largest absolute Gasteiger partial charge is 0.667 e. The fourth-order valence-corrected chi connectivity index (χ4v) is 2.46. The molecule has 0 aromatic carbocycles. The summed E-state index contributed by atoms with van der Waals surface area (Å²) in [6, 6.07) is 0. The summed E-state index contributed by atoms with van der Waals surface area (Å²) >= 11 is 0. The van der Waals surface area contributed by atoms with Crippen molar-refractivity contribution in [3.05, 3.63) is 0 Å². The van der Waals surface area contributed by atoms with E-state index in [1.807, 2.05) is 0 Å². The molecule has 0 saturated heterocycles. The third-order valence-corrected chi connectivity index (χ3v) is 4.19. The SMILES string of the molecule is CO[Si](N)(O)O[Si](O)(O)OC. The molecule has 0 aliphatic carbocycles. The Bertz CT molecular complexity index is 114. The zero-order valence-corrected chi connectivity index (χ0v) is 8.14. The number of hydrogen-bond donors (Lipinski definition) is 4. The quantitative estimate of drug-likeness (QED) is 0.361. The lowest BCUT2D eigenvalue weighted by Crippen LogP contribution is -2.61. The Morgan fingerprint density at radius 1 is 1.09 bits per heavy atom. The summed E-state index contributed by atoms with van der Waals surface area (Å²) in [5, 5.41) is 4.96. The van der Waals surface area contributed by atoms with Crippen LogP contribution in [0.1, 0.15) is 0 Å². The topological polar surface area (TPSA) is 114 Å². The van der Waals surface area contributed by atoms with Gasteiger partial charge < -0.3 is 27.4 Å². The lowest BCUT2D eigenvalue weighted by molar-refractivity contribution is 0.0548. The lowest BCUT2D eigenvalue weighted by Gasteiger charge is -2.22. The summed E-state index contributed by atoms with van der Waals surface area (Å²) in [5.41, 5.74) is 0. The monoisotopic (exact) mass is 201 g/mol. The number of hydrogen-bond acceptors (Lipinski definition) is 7. The molecule has 0 bridgehead atoms. The standard InChI is InChI=1S/C2H11NO6Si2/c1-7-10(3,4)9-11(5,6)8-2/h4-6H,3H2,1-2H3. The zero-order chi connectivity index (χ0) is 9.12. The molecule has 0 heterocycles. The second kappa shape index (κ2) is 3.70. The molecule has 0 rings (SSSR count). The maximum Gasteiger partial charge on any atom is 0.667 e. The van der Waals surface area contributed by atoms with Crippen LogP contribution in [0.25, 0.3) is 0 Å². The minimum atomic E-state index is -4.27. The van der Waals surface area contributed by atoms with Crippen molar-refractivity contribution in [1.82, 2.24) is 0 Å². The van der Waals surface area contributed by atoms with E-state index in [4.69, 9.17) is 19.8 Å². The van der Waals surface area contributed by atoms with Crippen LogP contribution in [0.2, 0.25) is 0 Å². The Labute approximate surface area is 65.9 Å². The van der Waals surface area contributed by atoms with Crippen molar-refractivity contribution in [3.8, 4) is 0 Å². The van der Waals surface area contributed by atoms with Crippen LogP contribution < -0.4 is 5.40 Å². The van der Waals surface area contributed by atoms with Gasteiger partial charge in [0.05, 0.1) is 0 Å². The smallest absolute Gasteiger partial charge is 0.378 e. The van der Waals surface area contributed by atoms with Crippen LogP contribution in [-0.4, -0.2) is 46.6 Å². The molecule has 68 valence electrons. The Balaban J connectivity index is 4.02. The molecule has 0 fully saturated rings. The van der Waals surface area contributed by atoms with E-state index < -0.39 is 18.0 Å². The maximum absolute atomic E-state index is 8.90. The first kappa shape index (κ1) is 11.2. The molecule has 5 N–H and O–H groups in total. The van der Waals surface area contributed by atoms with E-state index in [0.717, 1.165) is 14.2 Å². The van der Waals surface area contributed by atoms with Crippen LogP contribution in [0.4, 0.5) is 0 Å². The van der Waals surface area contributed by atoms with Crippen LogP contribution in [0.3, 0.4) is 0 Å². The number of nitrogens with two attached hydrogens (primary N) is 1. The summed E-state index contributed by atoms with van der Waals surface area (Å²) in [4.78, 5) is 26.4. The van der Waals surface area contributed by atoms with Gasteiger partial charge in [-0.15, -0.1) is 0 Å². The van der Waals surface area contributed by atoms with Gasteiger partial charge in [0.2, 0.25) is 0 Å². The first-order chi connectivity index (χ1) is 4.83. The Hall–Kier alpha value is 0.154. The third kappa shape index (κ3) is 4.57. The molecule has 11 heavy (non-hydrogen) atoms. The predicted molar refractivity (Wildman–Crippen MR) is 37.5 cm³/mol. The molecule has 0 aliphatic heterocycles. The predicted octanol–water partition coefficient (Wildman–Crippen LogP) is -2.90. The first-order valence-corrected chi connectivity index (χ1v) is 6.14. The van der Waals surface area contributed by atoms with Crippen molar-refractivity contribution in [1.29, 1.82) is 0 Å². The molecule has 0 saturated carbocycles. The van der Waals surface area contributed by atoms with Gasteiger partial charge in [0.25, 0.3) is 0 Å². The van der Waals surface area contributed by atoms with E-state index in [-0.39, 0.29) is 0 Å². The minimum absolute atomic E-state index is 1.02. The number of rotatable bonds is 4. The molecule has 0 aliphatic rings. The normalized spacial score (nSPS) is 18.0. The highest BCUT2D eigenvalue weighted by atomic mass is 28.5. The van der Waals surface area contributed by atoms with Gasteiger partial charge in [-0.2, -0.15) is 0 Å². The second-order valence-electron chi connectivity index (χ2n) is 1.69. The van der Waals surface area contributed by atoms with E-state index in [2.05, 4.69) is 13.0 Å². The van der Waals surface area contributed by atoms with Crippen LogP contribution in [0, 0.1) is 0 Å². The van der Waals surface area contributed by atoms with Gasteiger partial charge in [-0.3, -0.25) is 5.40 Å². The summed E-state index contributed by atoms with van der Waals surface area (Å²) in [7, 11) is -6.06. The average Bonchev–Trinajstić information content (AvgIpc) is 1.86. The van der Waals surface area contributed by atoms with E-state index in [1.165, 1.54) is 0 Å². The minimum Gasteiger partial charge on any atom is -0.378 e. The molecule has 0 aromatic heterocycles. The van der Waals surface area contributed by atoms with Crippen LogP contribution in [0.15, 0.2) is 0 Å². The molecular weight excluding hydrogens is 190 g/mol. The van der Waals surface area contributed by atoms with E-state index >= 15 is 0 Å². The summed E-state index contributed by atoms with van der Waals surface area (Å²) in [6.07, 6.45) is 0. The summed E-state index contributed by atoms with van der Waals surface area (Å²) < 4.78 is 12.6. The van der Waals surface area contributed by atoms with Crippen molar-refractivity contribution in [2.24, 2.45) is 5.40 Å². The summed E-state index contributed by atoms with van der Waals surface area (Å²) in [5.74, 6) is 0. The van der Waals surface area contributed by atoms with Crippen molar-refractivity contribution in [2.75, 3.05) is 14.2 Å². The van der Waals surface area contributed by atoms with E-state index in [9.17, 15) is 0 Å². The van der Waals surface area contributed by atoms with Crippen molar-refractivity contribution in [2.45, 2.75) is 0 Å². The van der Waals surface area contributed by atoms with Crippen molar-refractivity contribution >= 4 is 18.0 Å². The lowest BCUT2D eigenvalue weighted by atomic mass is 11.8. The van der Waals surface area contributed by atoms with Gasteiger partial charge >= 0.3 is 18.0 Å². The Morgan fingerprint density at radius 3 is 1.82 bits per heavy atom. The fraction of sp³-hybridized carbons (Fsp3) is 1.00. The molecular formula is C2H11NO6Si2. The Kier molecular flexibility index (Phi) is 3.76. The van der Waals surface area contributed by atoms with Gasteiger partial charge in [0.1, 0.15) is 0 Å². The van der Waals surface area contributed by atoms with Gasteiger partial charge in [-0.1, -0.05) is 0 Å². The van der Waals surface area contributed by atoms with Gasteiger partial charge in [-0.25, -0.2) is 0 Å². The maximum atomic E-state index is 8.90. The van der Waals surface area contributed by atoms with Crippen LogP contribution in [-0.2, 0) is 13.0 Å². The fourth-order valence-electron chi connectivity index (χ4n) is 0.274.